The summed E-state index contributed by atoms with van der Waals surface area (Å²) >= 11 is 0. The lowest BCUT2D eigenvalue weighted by Gasteiger charge is -2.53. The van der Waals surface area contributed by atoms with Crippen LogP contribution < -0.4 is 14.4 Å². The lowest BCUT2D eigenvalue weighted by atomic mass is 9.88. The average Bonchev–Trinajstić information content (AvgIpc) is 2.78. The van der Waals surface area contributed by atoms with Gasteiger partial charge in [-0.2, -0.15) is 0 Å². The van der Waals surface area contributed by atoms with Gasteiger partial charge in [0.05, 0.1) is 13.2 Å². The van der Waals surface area contributed by atoms with Crippen LogP contribution in [0.2, 0.25) is 0 Å². The van der Waals surface area contributed by atoms with Crippen LogP contribution in [0.4, 0.5) is 10.5 Å². The zero-order valence-electron chi connectivity index (χ0n) is 19.2. The first-order chi connectivity index (χ1) is 15.8. The first kappa shape index (κ1) is 21.1. The van der Waals surface area contributed by atoms with E-state index < -0.39 is 17.8 Å². The molecule has 2 aliphatic heterocycles. The van der Waals surface area contributed by atoms with E-state index in [0.29, 0.717) is 29.2 Å². The number of fused-ring (bicyclic) bond motifs is 4. The van der Waals surface area contributed by atoms with Crippen molar-refractivity contribution in [1.29, 1.82) is 0 Å². The predicted molar refractivity (Wildman–Crippen MR) is 126 cm³/mol. The van der Waals surface area contributed by atoms with E-state index in [1.807, 2.05) is 57.2 Å². The molecule has 1 fully saturated rings. The zero-order valence-corrected chi connectivity index (χ0v) is 19.2. The average molecular weight is 443 g/mol. The molecule has 0 radical (unpaired) electrons. The molecular weight excluding hydrogens is 416 g/mol. The molecule has 33 heavy (non-hydrogen) atoms. The Morgan fingerprint density at radius 2 is 1.70 bits per heavy atom. The number of anilines is 1. The summed E-state index contributed by atoms with van der Waals surface area (Å²) in [5.74, 6) is 0.990. The smallest absolute Gasteiger partial charge is 0.335 e. The predicted octanol–water partition coefficient (Wildman–Crippen LogP) is 5.63. The Balaban J connectivity index is 1.66. The van der Waals surface area contributed by atoms with Crippen LogP contribution in [0.1, 0.15) is 46.4 Å². The van der Waals surface area contributed by atoms with Crippen molar-refractivity contribution in [1.82, 2.24) is 4.90 Å². The summed E-state index contributed by atoms with van der Waals surface area (Å²) in [7, 11) is 1.58. The summed E-state index contributed by atoms with van der Waals surface area (Å²) in [5.41, 5.74) is 3.13. The molecule has 0 aliphatic carbocycles. The lowest BCUT2D eigenvalue weighted by molar-refractivity contribution is 0.00268. The number of methoxy groups -OCH3 is 1. The first-order valence-corrected chi connectivity index (χ1v) is 11.0. The fourth-order valence-corrected chi connectivity index (χ4v) is 4.97. The molecule has 0 spiro atoms. The first-order valence-electron chi connectivity index (χ1n) is 11.0. The number of aryl methyl sites for hydroxylation is 2. The van der Waals surface area contributed by atoms with Crippen LogP contribution in [0.3, 0.4) is 0 Å². The summed E-state index contributed by atoms with van der Waals surface area (Å²) < 4.78 is 11.6. The van der Waals surface area contributed by atoms with Gasteiger partial charge in [0.1, 0.15) is 11.5 Å². The van der Waals surface area contributed by atoms with Crippen LogP contribution >= 0.6 is 0 Å². The highest BCUT2D eigenvalue weighted by molar-refractivity contribution is 6.10. The number of nitrogens with zero attached hydrogens (tertiary/aromatic N) is 2. The zero-order chi connectivity index (χ0) is 23.3. The minimum Gasteiger partial charge on any atom is -0.497 e. The normalized spacial score (nSPS) is 21.3. The molecule has 168 valence electrons. The highest BCUT2D eigenvalue weighted by Gasteiger charge is 2.55. The van der Waals surface area contributed by atoms with Crippen molar-refractivity contribution in [2.45, 2.75) is 39.0 Å². The van der Waals surface area contributed by atoms with Crippen molar-refractivity contribution in [2.75, 3.05) is 12.0 Å². The number of amides is 3. The van der Waals surface area contributed by atoms with Gasteiger partial charge in [-0.25, -0.2) is 4.79 Å². The second-order valence-electron chi connectivity index (χ2n) is 8.90. The number of urea groups is 1. The minimum atomic E-state index is -0.924. The number of hydrogen-bond donors (Lipinski definition) is 0. The van der Waals surface area contributed by atoms with Crippen molar-refractivity contribution in [2.24, 2.45) is 0 Å². The summed E-state index contributed by atoms with van der Waals surface area (Å²) in [6.45, 7) is 5.90. The number of rotatable bonds is 3. The van der Waals surface area contributed by atoms with E-state index in [9.17, 15) is 9.59 Å². The van der Waals surface area contributed by atoms with Crippen LogP contribution in [-0.2, 0) is 0 Å². The summed E-state index contributed by atoms with van der Waals surface area (Å²) in [5, 5.41) is 0. The molecule has 0 N–H and O–H groups in total. The summed E-state index contributed by atoms with van der Waals surface area (Å²) in [6, 6.07) is 19.6. The molecular formula is C27H26N2O4. The van der Waals surface area contributed by atoms with E-state index in [4.69, 9.17) is 9.47 Å². The van der Waals surface area contributed by atoms with Gasteiger partial charge in [-0.15, -0.1) is 0 Å². The Morgan fingerprint density at radius 1 is 1.03 bits per heavy atom. The molecule has 3 aromatic rings. The number of benzene rings is 3. The lowest BCUT2D eigenvalue weighted by Crippen LogP contribution is -2.67. The molecule has 2 heterocycles. The molecule has 5 rings (SSSR count). The molecule has 2 bridgehead atoms. The molecule has 2 atom stereocenters. The number of carbonyl (C=O) groups is 2. The molecule has 6 heteroatoms. The number of hydrogen-bond acceptors (Lipinski definition) is 4. The van der Waals surface area contributed by atoms with Gasteiger partial charge in [0, 0.05) is 23.2 Å². The van der Waals surface area contributed by atoms with Crippen LogP contribution in [0.15, 0.2) is 66.7 Å². The van der Waals surface area contributed by atoms with Gasteiger partial charge in [0.15, 0.2) is 5.72 Å². The highest BCUT2D eigenvalue weighted by Crippen LogP contribution is 2.49. The summed E-state index contributed by atoms with van der Waals surface area (Å²) in [4.78, 5) is 30.8. The highest BCUT2D eigenvalue weighted by atomic mass is 16.5. The Bertz CT molecular complexity index is 1230. The molecule has 3 aromatic carbocycles. The molecule has 1 saturated heterocycles. The third kappa shape index (κ3) is 3.42. The van der Waals surface area contributed by atoms with Gasteiger partial charge in [-0.05, 0) is 74.4 Å². The maximum absolute atomic E-state index is 14.0. The van der Waals surface area contributed by atoms with Gasteiger partial charge in [-0.3, -0.25) is 14.6 Å². The Kier molecular flexibility index (Phi) is 4.89. The van der Waals surface area contributed by atoms with Crippen molar-refractivity contribution < 1.29 is 19.1 Å². The van der Waals surface area contributed by atoms with Gasteiger partial charge in [0.2, 0.25) is 0 Å². The third-order valence-corrected chi connectivity index (χ3v) is 6.38. The van der Waals surface area contributed by atoms with Gasteiger partial charge in [-0.1, -0.05) is 24.3 Å². The van der Waals surface area contributed by atoms with Crippen molar-refractivity contribution in [3.05, 3.63) is 89.0 Å². The molecule has 0 saturated carbocycles. The van der Waals surface area contributed by atoms with E-state index in [2.05, 4.69) is 6.07 Å². The number of para-hydroxylation sites is 1. The number of imide groups is 1. The quantitative estimate of drug-likeness (QED) is 0.527. The maximum atomic E-state index is 14.0. The van der Waals surface area contributed by atoms with E-state index in [0.717, 1.165) is 16.7 Å². The molecule has 6 nitrogen and oxygen atoms in total. The van der Waals surface area contributed by atoms with E-state index >= 15 is 0 Å². The van der Waals surface area contributed by atoms with Crippen LogP contribution in [0.5, 0.6) is 11.5 Å². The van der Waals surface area contributed by atoms with Crippen molar-refractivity contribution >= 4 is 17.6 Å². The van der Waals surface area contributed by atoms with Gasteiger partial charge in [0.25, 0.3) is 5.91 Å². The number of carbonyl (C=O) groups excluding carboxylic acids is 2. The molecule has 3 amide bonds. The van der Waals surface area contributed by atoms with E-state index in [1.165, 1.54) is 4.90 Å². The topological polar surface area (TPSA) is 59.1 Å². The molecule has 2 unspecified atom stereocenters. The Labute approximate surface area is 193 Å². The van der Waals surface area contributed by atoms with Crippen molar-refractivity contribution in [3.63, 3.8) is 0 Å². The third-order valence-electron chi connectivity index (χ3n) is 6.38. The van der Waals surface area contributed by atoms with E-state index in [1.54, 1.807) is 36.3 Å². The van der Waals surface area contributed by atoms with Crippen LogP contribution in [0, 0.1) is 13.8 Å². The van der Waals surface area contributed by atoms with Crippen LogP contribution in [0.25, 0.3) is 0 Å². The minimum absolute atomic E-state index is 0.346. The molecule has 2 aliphatic rings. The van der Waals surface area contributed by atoms with Crippen molar-refractivity contribution in [3.8, 4) is 11.5 Å². The monoisotopic (exact) mass is 442 g/mol. The second kappa shape index (κ2) is 7.66. The molecule has 0 aromatic heterocycles. The number of ether oxygens (including phenoxy) is 2. The SMILES string of the molecule is COc1ccc(C(=O)N2C(=O)N(c3cc(C)cc(C)c3)C3(C)CC2c2ccccc2O3)cc1. The Morgan fingerprint density at radius 3 is 2.36 bits per heavy atom. The summed E-state index contributed by atoms with van der Waals surface area (Å²) in [6.07, 6.45) is 0.463. The Hall–Kier alpha value is -3.80. The van der Waals surface area contributed by atoms with E-state index in [-0.39, 0.29) is 5.91 Å². The largest absolute Gasteiger partial charge is 0.497 e. The van der Waals surface area contributed by atoms with Crippen LogP contribution in [-0.4, -0.2) is 29.7 Å². The fourth-order valence-electron chi connectivity index (χ4n) is 4.97. The fraction of sp³-hybridized carbons (Fsp3) is 0.259. The van der Waals surface area contributed by atoms with Gasteiger partial charge >= 0.3 is 6.03 Å². The van der Waals surface area contributed by atoms with Gasteiger partial charge < -0.3 is 9.47 Å². The second-order valence-corrected chi connectivity index (χ2v) is 8.90. The standard InChI is InChI=1S/C27H26N2O4/c1-17-13-18(2)15-20(14-17)29-26(31)28(25(30)19-9-11-21(32-4)12-10-19)23-16-27(29,3)33-24-8-6-5-7-22(23)24/h5-15,23H,16H2,1-4H3. The maximum Gasteiger partial charge on any atom is 0.335 e.